The van der Waals surface area contributed by atoms with Gasteiger partial charge in [0.05, 0.1) is 18.8 Å². The number of fused-ring (bicyclic) bond motifs is 5. The zero-order valence-corrected chi connectivity index (χ0v) is 12.9. The van der Waals surface area contributed by atoms with Gasteiger partial charge in [-0.1, -0.05) is 0 Å². The van der Waals surface area contributed by atoms with Gasteiger partial charge in [-0.3, -0.25) is 13.9 Å². The maximum atomic E-state index is 12.7. The molecule has 2 atom stereocenters. The molecule has 0 spiro atoms. The average Bonchev–Trinajstić information content (AvgIpc) is 2.56. The normalized spacial score (nSPS) is 21.5. The summed E-state index contributed by atoms with van der Waals surface area (Å²) < 4.78 is 14.0. The molecule has 0 saturated heterocycles. The van der Waals surface area contributed by atoms with Gasteiger partial charge in [-0.05, 0) is 18.2 Å². The van der Waals surface area contributed by atoms with Crippen molar-refractivity contribution in [1.29, 1.82) is 0 Å². The topological polar surface area (TPSA) is 88.5 Å². The Morgan fingerprint density at radius 1 is 1.13 bits per heavy atom. The molecule has 0 radical (unpaired) electrons. The van der Waals surface area contributed by atoms with Crippen LogP contribution in [0.5, 0.6) is 11.6 Å². The lowest BCUT2D eigenvalue weighted by Gasteiger charge is -2.38. The zero-order chi connectivity index (χ0) is 16.3. The van der Waals surface area contributed by atoms with Crippen LogP contribution in [0.2, 0.25) is 0 Å². The molecular formula is C16H17N3O4. The van der Waals surface area contributed by atoms with Crippen molar-refractivity contribution >= 4 is 5.69 Å². The largest absolute Gasteiger partial charge is 0.493 e. The van der Waals surface area contributed by atoms with E-state index in [0.717, 1.165) is 15.9 Å². The molecule has 2 aromatic rings. The van der Waals surface area contributed by atoms with E-state index in [0.29, 0.717) is 30.3 Å². The lowest BCUT2D eigenvalue weighted by atomic mass is 9.78. The monoisotopic (exact) mass is 315 g/mol. The predicted molar refractivity (Wildman–Crippen MR) is 84.1 cm³/mol. The molecule has 7 heteroatoms. The Kier molecular flexibility index (Phi) is 2.81. The number of hydrogen-bond donors (Lipinski definition) is 1. The van der Waals surface area contributed by atoms with Gasteiger partial charge in [0.2, 0.25) is 5.88 Å². The Bertz CT molecular complexity index is 928. The van der Waals surface area contributed by atoms with E-state index in [9.17, 15) is 9.59 Å². The van der Waals surface area contributed by atoms with Crippen LogP contribution in [-0.4, -0.2) is 22.3 Å². The SMILES string of the molecule is Cn1c2c(c(=O)n(C)c1=O)[C@@H]1c3cc(N)ccc3OC[C@H]1CO2. The van der Waals surface area contributed by atoms with E-state index < -0.39 is 5.69 Å². The van der Waals surface area contributed by atoms with E-state index in [1.54, 1.807) is 13.1 Å². The van der Waals surface area contributed by atoms with Crippen molar-refractivity contribution in [2.45, 2.75) is 5.92 Å². The molecule has 23 heavy (non-hydrogen) atoms. The van der Waals surface area contributed by atoms with Gasteiger partial charge in [0.15, 0.2) is 0 Å². The molecule has 4 rings (SSSR count). The number of ether oxygens (including phenoxy) is 2. The van der Waals surface area contributed by atoms with Crippen molar-refractivity contribution in [2.75, 3.05) is 18.9 Å². The minimum atomic E-state index is -0.396. The number of benzene rings is 1. The highest BCUT2D eigenvalue weighted by Gasteiger charge is 2.41. The molecule has 0 unspecified atom stereocenters. The predicted octanol–water partition coefficient (Wildman–Crippen LogP) is 0.199. The highest BCUT2D eigenvalue weighted by atomic mass is 16.5. The molecule has 1 aromatic heterocycles. The van der Waals surface area contributed by atoms with Crippen LogP contribution in [0, 0.1) is 5.92 Å². The van der Waals surface area contributed by atoms with Crippen LogP contribution >= 0.6 is 0 Å². The second-order valence-corrected chi connectivity index (χ2v) is 6.08. The molecular weight excluding hydrogens is 298 g/mol. The Labute approximate surface area is 131 Å². The number of nitrogens with zero attached hydrogens (tertiary/aromatic N) is 2. The summed E-state index contributed by atoms with van der Waals surface area (Å²) in [7, 11) is 3.09. The summed E-state index contributed by atoms with van der Waals surface area (Å²) in [6, 6.07) is 5.44. The summed E-state index contributed by atoms with van der Waals surface area (Å²) in [5, 5.41) is 0. The fourth-order valence-electron chi connectivity index (χ4n) is 3.50. The first-order valence-corrected chi connectivity index (χ1v) is 7.44. The third kappa shape index (κ3) is 1.82. The highest BCUT2D eigenvalue weighted by molar-refractivity contribution is 5.54. The standard InChI is InChI=1S/C16H17N3O4/c1-18-14(20)13-12-8(7-23-15(13)19(2)16(18)21)6-22-11-4-3-9(17)5-10(11)12/h3-5,8,12H,6-7,17H2,1-2H3/t8-,12-/m0/s1. The van der Waals surface area contributed by atoms with Gasteiger partial charge < -0.3 is 15.2 Å². The quantitative estimate of drug-likeness (QED) is 0.702. The molecule has 0 saturated carbocycles. The molecule has 0 fully saturated rings. The van der Waals surface area contributed by atoms with Gasteiger partial charge in [-0.15, -0.1) is 0 Å². The molecule has 2 aliphatic heterocycles. The second-order valence-electron chi connectivity index (χ2n) is 6.08. The van der Waals surface area contributed by atoms with E-state index in [1.807, 2.05) is 12.1 Å². The minimum absolute atomic E-state index is 0.0157. The summed E-state index contributed by atoms with van der Waals surface area (Å²) in [5.41, 5.74) is 7.19. The Balaban J connectivity index is 2.05. The molecule has 120 valence electrons. The van der Waals surface area contributed by atoms with Gasteiger partial charge >= 0.3 is 5.69 Å². The van der Waals surface area contributed by atoms with E-state index >= 15 is 0 Å². The molecule has 0 bridgehead atoms. The smallest absolute Gasteiger partial charge is 0.333 e. The molecule has 2 N–H and O–H groups in total. The maximum Gasteiger partial charge on any atom is 0.333 e. The van der Waals surface area contributed by atoms with Gasteiger partial charge in [0.25, 0.3) is 5.56 Å². The fourth-order valence-corrected chi connectivity index (χ4v) is 3.50. The number of nitrogen functional groups attached to an aromatic ring is 1. The van der Waals surface area contributed by atoms with Crippen LogP contribution in [-0.2, 0) is 14.1 Å². The van der Waals surface area contributed by atoms with Gasteiger partial charge in [-0.2, -0.15) is 0 Å². The van der Waals surface area contributed by atoms with Gasteiger partial charge in [0, 0.05) is 37.2 Å². The minimum Gasteiger partial charge on any atom is -0.493 e. The van der Waals surface area contributed by atoms with Crippen LogP contribution in [0.15, 0.2) is 27.8 Å². The average molecular weight is 315 g/mol. The van der Waals surface area contributed by atoms with Gasteiger partial charge in [0.1, 0.15) is 5.75 Å². The summed E-state index contributed by atoms with van der Waals surface area (Å²) in [4.78, 5) is 24.9. The lowest BCUT2D eigenvalue weighted by Crippen LogP contribution is -2.46. The maximum absolute atomic E-state index is 12.7. The first-order valence-electron chi connectivity index (χ1n) is 7.44. The Hall–Kier alpha value is -2.70. The number of rotatable bonds is 0. The number of aromatic nitrogens is 2. The van der Waals surface area contributed by atoms with Crippen LogP contribution in [0.1, 0.15) is 17.0 Å². The van der Waals surface area contributed by atoms with Crippen molar-refractivity contribution in [3.8, 4) is 11.6 Å². The van der Waals surface area contributed by atoms with E-state index in [4.69, 9.17) is 15.2 Å². The highest BCUT2D eigenvalue weighted by Crippen LogP contribution is 2.45. The van der Waals surface area contributed by atoms with Crippen molar-refractivity contribution in [2.24, 2.45) is 20.0 Å². The molecule has 7 nitrogen and oxygen atoms in total. The molecule has 3 heterocycles. The number of hydrogen-bond acceptors (Lipinski definition) is 5. The zero-order valence-electron chi connectivity index (χ0n) is 12.9. The molecule has 1 aromatic carbocycles. The van der Waals surface area contributed by atoms with Crippen molar-refractivity contribution in [3.05, 3.63) is 50.2 Å². The van der Waals surface area contributed by atoms with E-state index in [1.165, 1.54) is 11.6 Å². The van der Waals surface area contributed by atoms with Crippen LogP contribution in [0.25, 0.3) is 0 Å². The first-order chi connectivity index (χ1) is 11.0. The molecule has 2 aliphatic rings. The lowest BCUT2D eigenvalue weighted by molar-refractivity contribution is 0.116. The summed E-state index contributed by atoms with van der Waals surface area (Å²) >= 11 is 0. The second kappa shape index (κ2) is 4.65. The van der Waals surface area contributed by atoms with Crippen LogP contribution in [0.3, 0.4) is 0 Å². The summed E-state index contributed by atoms with van der Waals surface area (Å²) in [5.74, 6) is 0.900. The van der Waals surface area contributed by atoms with E-state index in [2.05, 4.69) is 0 Å². The van der Waals surface area contributed by atoms with Crippen LogP contribution in [0.4, 0.5) is 5.69 Å². The Morgan fingerprint density at radius 2 is 1.87 bits per heavy atom. The van der Waals surface area contributed by atoms with Crippen molar-refractivity contribution in [1.82, 2.24) is 9.13 Å². The van der Waals surface area contributed by atoms with Crippen molar-refractivity contribution < 1.29 is 9.47 Å². The number of nitrogens with two attached hydrogens (primary N) is 1. The van der Waals surface area contributed by atoms with Gasteiger partial charge in [-0.25, -0.2) is 4.79 Å². The number of anilines is 1. The molecule has 0 aliphatic carbocycles. The van der Waals surface area contributed by atoms with E-state index in [-0.39, 0.29) is 17.4 Å². The van der Waals surface area contributed by atoms with Crippen LogP contribution < -0.4 is 26.5 Å². The third-order valence-electron chi connectivity index (χ3n) is 4.68. The summed E-state index contributed by atoms with van der Waals surface area (Å²) in [6.45, 7) is 0.860. The van der Waals surface area contributed by atoms with Crippen molar-refractivity contribution in [3.63, 3.8) is 0 Å². The summed E-state index contributed by atoms with van der Waals surface area (Å²) in [6.07, 6.45) is 0. The Morgan fingerprint density at radius 3 is 2.65 bits per heavy atom. The first kappa shape index (κ1) is 13.9. The third-order valence-corrected chi connectivity index (χ3v) is 4.68. The molecule has 0 amide bonds. The fraction of sp³-hybridized carbons (Fsp3) is 0.375.